The van der Waals surface area contributed by atoms with Gasteiger partial charge in [-0.2, -0.15) is 8.78 Å². The van der Waals surface area contributed by atoms with Crippen LogP contribution in [0.2, 0.25) is 0 Å². The molecule has 84 valence electrons. The standard InChI is InChI=1S/C6H11F3N2O2S/c7-6(8,14(12,13)11-9)4-2-1-3-5(4)10/h4-5,11H,1-3,10H2/t4-,5-/m0/s1. The first-order valence-electron chi connectivity index (χ1n) is 4.08. The van der Waals surface area contributed by atoms with Crippen molar-refractivity contribution in [3.05, 3.63) is 0 Å². The molecule has 4 nitrogen and oxygen atoms in total. The molecule has 1 saturated carbocycles. The molecule has 3 N–H and O–H groups in total. The van der Waals surface area contributed by atoms with Gasteiger partial charge in [-0.1, -0.05) is 6.42 Å². The van der Waals surface area contributed by atoms with Gasteiger partial charge in [0.25, 0.3) is 0 Å². The van der Waals surface area contributed by atoms with Crippen LogP contribution in [0, 0.1) is 5.92 Å². The summed E-state index contributed by atoms with van der Waals surface area (Å²) in [7, 11) is -5.24. The molecule has 1 fully saturated rings. The van der Waals surface area contributed by atoms with E-state index >= 15 is 0 Å². The molecule has 1 rings (SSSR count). The van der Waals surface area contributed by atoms with Gasteiger partial charge in [-0.15, -0.1) is 4.48 Å². The molecule has 0 aliphatic heterocycles. The zero-order valence-corrected chi connectivity index (χ0v) is 8.03. The summed E-state index contributed by atoms with van der Waals surface area (Å²) in [6, 6.07) is -0.895. The van der Waals surface area contributed by atoms with E-state index in [9.17, 15) is 21.7 Å². The topological polar surface area (TPSA) is 72.2 Å². The van der Waals surface area contributed by atoms with Crippen LogP contribution in [-0.4, -0.2) is 19.7 Å². The van der Waals surface area contributed by atoms with Crippen molar-refractivity contribution in [2.24, 2.45) is 11.7 Å². The van der Waals surface area contributed by atoms with Crippen LogP contribution in [0.4, 0.5) is 13.3 Å². The van der Waals surface area contributed by atoms with Gasteiger partial charge in [-0.25, -0.2) is 8.42 Å². The molecule has 0 aromatic heterocycles. The smallest absolute Gasteiger partial charge is 0.327 e. The highest BCUT2D eigenvalue weighted by Gasteiger charge is 2.55. The van der Waals surface area contributed by atoms with Gasteiger partial charge in [0.15, 0.2) is 0 Å². The van der Waals surface area contributed by atoms with Gasteiger partial charge >= 0.3 is 15.3 Å². The SMILES string of the molecule is N[C@H]1CCC[C@@H]1C(F)(F)S(=O)(=O)NF. The van der Waals surface area contributed by atoms with E-state index in [0.29, 0.717) is 12.8 Å². The Bertz CT molecular complexity index is 306. The molecule has 0 amide bonds. The zero-order valence-electron chi connectivity index (χ0n) is 7.21. The number of nitrogens with two attached hydrogens (primary N) is 1. The predicted octanol–water partition coefficient (Wildman–Crippen LogP) is 0.510. The molecule has 0 unspecified atom stereocenters. The van der Waals surface area contributed by atoms with Gasteiger partial charge in [0, 0.05) is 6.04 Å². The van der Waals surface area contributed by atoms with Crippen LogP contribution in [0.5, 0.6) is 0 Å². The number of alkyl halides is 2. The molecule has 8 heteroatoms. The van der Waals surface area contributed by atoms with Crippen LogP contribution in [0.3, 0.4) is 0 Å². The van der Waals surface area contributed by atoms with Crippen molar-refractivity contribution in [1.29, 1.82) is 0 Å². The van der Waals surface area contributed by atoms with Gasteiger partial charge in [0.05, 0.1) is 5.92 Å². The molecule has 0 spiro atoms. The summed E-state index contributed by atoms with van der Waals surface area (Å²) >= 11 is 0. The maximum Gasteiger partial charge on any atom is 0.365 e. The first-order valence-corrected chi connectivity index (χ1v) is 5.56. The molecule has 2 atom stereocenters. The van der Waals surface area contributed by atoms with Crippen molar-refractivity contribution < 1.29 is 21.7 Å². The van der Waals surface area contributed by atoms with Gasteiger partial charge in [0.2, 0.25) is 0 Å². The molecule has 0 heterocycles. The summed E-state index contributed by atoms with van der Waals surface area (Å²) in [4.78, 5) is 0.146. The molecule has 1 aliphatic carbocycles. The third-order valence-corrected chi connectivity index (χ3v) is 3.68. The minimum absolute atomic E-state index is 0.00488. The Morgan fingerprint density at radius 3 is 2.29 bits per heavy atom. The molecular formula is C6H11F3N2O2S. The van der Waals surface area contributed by atoms with Crippen molar-refractivity contribution in [3.8, 4) is 0 Å². The van der Waals surface area contributed by atoms with Crippen LogP contribution in [0.25, 0.3) is 0 Å². The maximum absolute atomic E-state index is 13.2. The third-order valence-electron chi connectivity index (χ3n) is 2.46. The Kier molecular flexibility index (Phi) is 3.07. The normalized spacial score (nSPS) is 29.4. The Balaban J connectivity index is 2.95. The fourth-order valence-corrected chi connectivity index (χ4v) is 2.45. The second-order valence-electron chi connectivity index (χ2n) is 3.34. The number of sulfonamides is 1. The summed E-state index contributed by atoms with van der Waals surface area (Å²) in [6.45, 7) is 0. The van der Waals surface area contributed by atoms with Gasteiger partial charge < -0.3 is 5.73 Å². The molecule has 0 radical (unpaired) electrons. The lowest BCUT2D eigenvalue weighted by atomic mass is 10.1. The van der Waals surface area contributed by atoms with Gasteiger partial charge in [-0.05, 0) is 17.8 Å². The molecule has 0 aromatic carbocycles. The number of nitrogens with one attached hydrogen (secondary N) is 1. The number of hydrogen-bond donors (Lipinski definition) is 2. The number of halogens is 3. The molecule has 0 bridgehead atoms. The predicted molar refractivity (Wildman–Crippen MR) is 43.4 cm³/mol. The minimum Gasteiger partial charge on any atom is -0.327 e. The first kappa shape index (κ1) is 11.7. The average Bonchev–Trinajstić information content (AvgIpc) is 2.51. The molecule has 0 saturated heterocycles. The molecule has 1 aliphatic rings. The van der Waals surface area contributed by atoms with E-state index in [0.717, 1.165) is 0 Å². The fourth-order valence-electron chi connectivity index (χ4n) is 1.66. The van der Waals surface area contributed by atoms with Crippen molar-refractivity contribution in [1.82, 2.24) is 4.94 Å². The summed E-state index contributed by atoms with van der Waals surface area (Å²) in [5.74, 6) is -1.50. The Labute approximate surface area is 79.6 Å². The van der Waals surface area contributed by atoms with Gasteiger partial charge in [-0.3, -0.25) is 0 Å². The van der Waals surface area contributed by atoms with Crippen LogP contribution in [-0.2, 0) is 10.0 Å². The lowest BCUT2D eigenvalue weighted by molar-refractivity contribution is 0.0190. The van der Waals surface area contributed by atoms with E-state index in [1.165, 1.54) is 0 Å². The summed E-state index contributed by atoms with van der Waals surface area (Å²) in [6.07, 6.45) is 0.764. The van der Waals surface area contributed by atoms with Crippen LogP contribution in [0.15, 0.2) is 0 Å². The highest BCUT2D eigenvalue weighted by atomic mass is 32.2. The zero-order chi connectivity index (χ0) is 11.0. The Morgan fingerprint density at radius 1 is 1.36 bits per heavy atom. The van der Waals surface area contributed by atoms with Crippen LogP contribution in [0.1, 0.15) is 19.3 Å². The summed E-state index contributed by atoms with van der Waals surface area (Å²) < 4.78 is 59.4. The van der Waals surface area contributed by atoms with E-state index < -0.39 is 27.2 Å². The van der Waals surface area contributed by atoms with Crippen molar-refractivity contribution >= 4 is 10.0 Å². The third kappa shape index (κ3) is 1.73. The number of rotatable bonds is 3. The molecule has 14 heavy (non-hydrogen) atoms. The van der Waals surface area contributed by atoms with E-state index in [4.69, 9.17) is 5.73 Å². The molecule has 0 aromatic rings. The highest BCUT2D eigenvalue weighted by molar-refractivity contribution is 7.90. The lowest BCUT2D eigenvalue weighted by Crippen LogP contribution is -2.47. The first-order chi connectivity index (χ1) is 6.33. The Morgan fingerprint density at radius 2 is 1.93 bits per heavy atom. The lowest BCUT2D eigenvalue weighted by Gasteiger charge is -2.24. The highest BCUT2D eigenvalue weighted by Crippen LogP contribution is 2.40. The van der Waals surface area contributed by atoms with E-state index in [2.05, 4.69) is 0 Å². The largest absolute Gasteiger partial charge is 0.365 e. The van der Waals surface area contributed by atoms with Gasteiger partial charge in [0.1, 0.15) is 0 Å². The van der Waals surface area contributed by atoms with Crippen molar-refractivity contribution in [3.63, 3.8) is 0 Å². The van der Waals surface area contributed by atoms with Crippen LogP contribution < -0.4 is 10.7 Å². The van der Waals surface area contributed by atoms with Crippen molar-refractivity contribution in [2.45, 2.75) is 30.6 Å². The van der Waals surface area contributed by atoms with Crippen molar-refractivity contribution in [2.75, 3.05) is 0 Å². The summed E-state index contributed by atoms with van der Waals surface area (Å²) in [5.41, 5.74) is 5.32. The maximum atomic E-state index is 13.2. The fraction of sp³-hybridized carbons (Fsp3) is 1.00. The average molecular weight is 232 g/mol. The van der Waals surface area contributed by atoms with E-state index in [1.54, 1.807) is 0 Å². The minimum atomic E-state index is -5.24. The second-order valence-corrected chi connectivity index (χ2v) is 5.05. The Hall–Kier alpha value is -0.340. The van der Waals surface area contributed by atoms with E-state index in [-0.39, 0.29) is 11.4 Å². The van der Waals surface area contributed by atoms with E-state index in [1.807, 2.05) is 0 Å². The summed E-state index contributed by atoms with van der Waals surface area (Å²) in [5, 5.41) is -4.14. The monoisotopic (exact) mass is 232 g/mol. The second kappa shape index (κ2) is 3.67. The quantitative estimate of drug-likeness (QED) is 0.696. The molecular weight excluding hydrogens is 221 g/mol. The van der Waals surface area contributed by atoms with Crippen LogP contribution >= 0.6 is 0 Å². The number of hydrogen-bond acceptors (Lipinski definition) is 3.